The van der Waals surface area contributed by atoms with E-state index in [1.165, 1.54) is 5.56 Å². The smallest absolute Gasteiger partial charge is 0.407 e. The Labute approximate surface area is 219 Å². The number of hydrogen-bond acceptors (Lipinski definition) is 4. The average Bonchev–Trinajstić information content (AvgIpc) is 3.21. The second-order valence-corrected chi connectivity index (χ2v) is 10.3. The molecule has 2 heterocycles. The summed E-state index contributed by atoms with van der Waals surface area (Å²) in [6.45, 7) is 9.07. The first-order valence-electron chi connectivity index (χ1n) is 13.1. The molecule has 0 aliphatic rings. The first-order chi connectivity index (χ1) is 17.8. The standard InChI is InChI=1S/C31H36N4O2/c1-5-6-16-28-34-27-21-33-26-18-17-23(13-11-8-12-19-32-30(36)37-31(2,3)4)20-25(26)29(27)35(28)22-24-14-9-7-10-15-24/h7,9-10,14-15,17-18,20-21H,5-6,8,12,16,19,22H2,1-4H3,(H,32,36). The average molecular weight is 497 g/mol. The van der Waals surface area contributed by atoms with Crippen LogP contribution in [0.2, 0.25) is 0 Å². The number of imidazole rings is 1. The van der Waals surface area contributed by atoms with E-state index < -0.39 is 11.7 Å². The quantitative estimate of drug-likeness (QED) is 0.220. The number of ether oxygens (including phenoxy) is 1. The number of amides is 1. The zero-order valence-electron chi connectivity index (χ0n) is 22.3. The molecule has 6 heteroatoms. The normalized spacial score (nSPS) is 11.4. The van der Waals surface area contributed by atoms with Crippen LogP contribution in [0, 0.1) is 11.8 Å². The van der Waals surface area contributed by atoms with Crippen LogP contribution in [0.1, 0.15) is 70.3 Å². The Morgan fingerprint density at radius 2 is 1.89 bits per heavy atom. The lowest BCUT2D eigenvalue weighted by Gasteiger charge is -2.19. The Bertz CT molecular complexity index is 1420. The Balaban J connectivity index is 1.56. The van der Waals surface area contributed by atoms with Crippen molar-refractivity contribution in [3.8, 4) is 11.8 Å². The van der Waals surface area contributed by atoms with Crippen LogP contribution in [0.5, 0.6) is 0 Å². The number of rotatable bonds is 8. The molecule has 0 aliphatic heterocycles. The summed E-state index contributed by atoms with van der Waals surface area (Å²) < 4.78 is 7.61. The van der Waals surface area contributed by atoms with Gasteiger partial charge in [-0.15, -0.1) is 0 Å². The number of nitrogens with one attached hydrogen (secondary N) is 1. The highest BCUT2D eigenvalue weighted by molar-refractivity contribution is 6.02. The Morgan fingerprint density at radius 1 is 1.08 bits per heavy atom. The fourth-order valence-corrected chi connectivity index (χ4v) is 4.25. The van der Waals surface area contributed by atoms with Crippen molar-refractivity contribution in [2.75, 3.05) is 6.54 Å². The number of aromatic nitrogens is 3. The van der Waals surface area contributed by atoms with Crippen LogP contribution >= 0.6 is 0 Å². The maximum absolute atomic E-state index is 11.8. The number of nitrogens with zero attached hydrogens (tertiary/aromatic N) is 3. The summed E-state index contributed by atoms with van der Waals surface area (Å²) >= 11 is 0. The molecule has 0 saturated heterocycles. The lowest BCUT2D eigenvalue weighted by molar-refractivity contribution is 0.0527. The van der Waals surface area contributed by atoms with E-state index in [9.17, 15) is 4.79 Å². The second-order valence-electron chi connectivity index (χ2n) is 10.3. The van der Waals surface area contributed by atoms with Crippen molar-refractivity contribution < 1.29 is 9.53 Å². The number of unbranched alkanes of at least 4 members (excludes halogenated alkanes) is 2. The van der Waals surface area contributed by atoms with Crippen LogP contribution in [0.25, 0.3) is 21.9 Å². The summed E-state index contributed by atoms with van der Waals surface area (Å²) in [4.78, 5) is 21.4. The second kappa shape index (κ2) is 11.9. The molecule has 0 atom stereocenters. The molecule has 0 unspecified atom stereocenters. The number of hydrogen-bond donors (Lipinski definition) is 1. The third kappa shape index (κ3) is 7.10. The summed E-state index contributed by atoms with van der Waals surface area (Å²) in [5.74, 6) is 7.63. The van der Waals surface area contributed by atoms with Crippen LogP contribution < -0.4 is 5.32 Å². The van der Waals surface area contributed by atoms with Gasteiger partial charge in [0.05, 0.1) is 17.2 Å². The van der Waals surface area contributed by atoms with E-state index in [2.05, 4.69) is 64.0 Å². The van der Waals surface area contributed by atoms with E-state index in [0.29, 0.717) is 13.0 Å². The van der Waals surface area contributed by atoms with Gasteiger partial charge in [-0.2, -0.15) is 0 Å². The maximum atomic E-state index is 11.8. The molecule has 1 amide bonds. The molecule has 4 aromatic rings. The van der Waals surface area contributed by atoms with Crippen molar-refractivity contribution >= 4 is 28.0 Å². The van der Waals surface area contributed by atoms with Crippen molar-refractivity contribution in [3.63, 3.8) is 0 Å². The van der Waals surface area contributed by atoms with E-state index in [0.717, 1.165) is 65.6 Å². The van der Waals surface area contributed by atoms with Gasteiger partial charge in [0.15, 0.2) is 0 Å². The number of carbonyl (C=O) groups excluding carboxylic acids is 1. The zero-order valence-corrected chi connectivity index (χ0v) is 22.3. The van der Waals surface area contributed by atoms with Gasteiger partial charge in [-0.1, -0.05) is 55.5 Å². The molecule has 0 saturated carbocycles. The van der Waals surface area contributed by atoms with Gasteiger partial charge < -0.3 is 14.6 Å². The summed E-state index contributed by atoms with van der Waals surface area (Å²) in [6, 6.07) is 16.7. The summed E-state index contributed by atoms with van der Waals surface area (Å²) in [7, 11) is 0. The molecule has 192 valence electrons. The molecule has 0 bridgehead atoms. The highest BCUT2D eigenvalue weighted by atomic mass is 16.6. The van der Waals surface area contributed by atoms with Crippen molar-refractivity contribution in [1.82, 2.24) is 19.9 Å². The van der Waals surface area contributed by atoms with E-state index in [1.807, 2.05) is 45.2 Å². The predicted molar refractivity (Wildman–Crippen MR) is 150 cm³/mol. The minimum Gasteiger partial charge on any atom is -0.444 e. The lowest BCUT2D eigenvalue weighted by Crippen LogP contribution is -2.32. The fourth-order valence-electron chi connectivity index (χ4n) is 4.25. The molecule has 0 fully saturated rings. The third-order valence-electron chi connectivity index (χ3n) is 5.97. The number of aryl methyl sites for hydroxylation is 1. The molecule has 0 radical (unpaired) electrons. The zero-order chi connectivity index (χ0) is 26.3. The minimum atomic E-state index is -0.493. The van der Waals surface area contributed by atoms with Gasteiger partial charge in [0.2, 0.25) is 0 Å². The van der Waals surface area contributed by atoms with E-state index in [4.69, 9.17) is 9.72 Å². The number of benzene rings is 2. The van der Waals surface area contributed by atoms with Crippen molar-refractivity contribution in [3.05, 3.63) is 71.7 Å². The van der Waals surface area contributed by atoms with Crippen LogP contribution in [0.3, 0.4) is 0 Å². The van der Waals surface area contributed by atoms with Crippen molar-refractivity contribution in [1.29, 1.82) is 0 Å². The van der Waals surface area contributed by atoms with Gasteiger partial charge in [-0.05, 0) is 57.4 Å². The van der Waals surface area contributed by atoms with Crippen LogP contribution in [-0.4, -0.2) is 32.8 Å². The van der Waals surface area contributed by atoms with E-state index >= 15 is 0 Å². The monoisotopic (exact) mass is 496 g/mol. The molecule has 37 heavy (non-hydrogen) atoms. The molecule has 2 aromatic carbocycles. The van der Waals surface area contributed by atoms with Gasteiger partial charge in [0.25, 0.3) is 0 Å². The molecule has 0 spiro atoms. The molecule has 1 N–H and O–H groups in total. The maximum Gasteiger partial charge on any atom is 0.407 e. The highest BCUT2D eigenvalue weighted by Crippen LogP contribution is 2.27. The first-order valence-corrected chi connectivity index (χ1v) is 13.1. The number of carbonyl (C=O) groups is 1. The minimum absolute atomic E-state index is 0.392. The van der Waals surface area contributed by atoms with E-state index in [-0.39, 0.29) is 0 Å². The van der Waals surface area contributed by atoms with Gasteiger partial charge in [0.1, 0.15) is 16.9 Å². The fraction of sp³-hybridized carbons (Fsp3) is 0.387. The molecule has 0 aliphatic carbocycles. The van der Waals surface area contributed by atoms with Crippen molar-refractivity contribution in [2.24, 2.45) is 0 Å². The molecule has 2 aromatic heterocycles. The summed E-state index contributed by atoms with van der Waals surface area (Å²) in [5, 5.41) is 3.85. The molecular weight excluding hydrogens is 460 g/mol. The van der Waals surface area contributed by atoms with E-state index in [1.54, 1.807) is 0 Å². The van der Waals surface area contributed by atoms with Gasteiger partial charge in [-0.3, -0.25) is 4.98 Å². The molecule has 6 nitrogen and oxygen atoms in total. The summed E-state index contributed by atoms with van der Waals surface area (Å²) in [6.07, 6.45) is 6.11. The predicted octanol–water partition coefficient (Wildman–Crippen LogP) is 6.63. The van der Waals surface area contributed by atoms with Gasteiger partial charge >= 0.3 is 6.09 Å². The third-order valence-corrected chi connectivity index (χ3v) is 5.97. The molecule has 4 rings (SSSR count). The SMILES string of the molecule is CCCCc1nc2cnc3ccc(C#CCCCNC(=O)OC(C)(C)C)cc3c2n1Cc1ccccc1. The largest absolute Gasteiger partial charge is 0.444 e. The number of fused-ring (bicyclic) bond motifs is 3. The van der Waals surface area contributed by atoms with Crippen LogP contribution in [0.15, 0.2) is 54.7 Å². The molecular formula is C31H36N4O2. The Hall–Kier alpha value is -3.85. The number of pyridine rings is 1. The Kier molecular flexibility index (Phi) is 8.45. The van der Waals surface area contributed by atoms with Gasteiger partial charge in [-0.25, -0.2) is 9.78 Å². The first kappa shape index (κ1) is 26.2. The van der Waals surface area contributed by atoms with Crippen molar-refractivity contribution in [2.45, 2.75) is 71.9 Å². The topological polar surface area (TPSA) is 69.0 Å². The number of alkyl carbamates (subject to hydrolysis) is 1. The van der Waals surface area contributed by atoms with Crippen LogP contribution in [-0.2, 0) is 17.7 Å². The van der Waals surface area contributed by atoms with Crippen LogP contribution in [0.4, 0.5) is 4.79 Å². The highest BCUT2D eigenvalue weighted by Gasteiger charge is 2.16. The lowest BCUT2D eigenvalue weighted by atomic mass is 10.1. The Morgan fingerprint density at radius 3 is 2.65 bits per heavy atom. The summed E-state index contributed by atoms with van der Waals surface area (Å²) in [5.41, 5.74) is 4.69. The van der Waals surface area contributed by atoms with Gasteiger partial charge in [0, 0.05) is 36.9 Å².